The summed E-state index contributed by atoms with van der Waals surface area (Å²) in [5.41, 5.74) is 0.513. The largest absolute Gasteiger partial charge is 0.492 e. The van der Waals surface area contributed by atoms with Crippen molar-refractivity contribution in [3.8, 4) is 11.5 Å². The molecule has 0 spiro atoms. The predicted molar refractivity (Wildman–Crippen MR) is 58.7 cm³/mol. The van der Waals surface area contributed by atoms with Crippen molar-refractivity contribution in [1.29, 1.82) is 0 Å². The van der Waals surface area contributed by atoms with E-state index in [1.807, 2.05) is 0 Å². The Bertz CT molecular complexity index is 332. The predicted octanol–water partition coefficient (Wildman–Crippen LogP) is 2.54. The van der Waals surface area contributed by atoms with Crippen LogP contribution < -0.4 is 9.47 Å². The fourth-order valence-corrected chi connectivity index (χ4v) is 1.21. The highest BCUT2D eigenvalue weighted by molar-refractivity contribution is 5.81. The normalized spacial score (nSPS) is 10.1. The SMILES string of the molecule is COc1c(C=O)cccc1OCC(C)C. The molecule has 1 aromatic carbocycles. The molecule has 0 aromatic heterocycles. The maximum absolute atomic E-state index is 10.7. The van der Waals surface area contributed by atoms with Crippen LogP contribution in [0.3, 0.4) is 0 Å². The van der Waals surface area contributed by atoms with E-state index >= 15 is 0 Å². The van der Waals surface area contributed by atoms with Crippen LogP contribution in [0.5, 0.6) is 11.5 Å². The average Bonchev–Trinajstić information content (AvgIpc) is 2.25. The van der Waals surface area contributed by atoms with Gasteiger partial charge in [0.05, 0.1) is 19.3 Å². The molecule has 0 amide bonds. The Morgan fingerprint density at radius 3 is 2.67 bits per heavy atom. The minimum absolute atomic E-state index is 0.439. The Morgan fingerprint density at radius 1 is 1.40 bits per heavy atom. The lowest BCUT2D eigenvalue weighted by molar-refractivity contribution is 0.111. The van der Waals surface area contributed by atoms with E-state index in [2.05, 4.69) is 13.8 Å². The summed E-state index contributed by atoms with van der Waals surface area (Å²) in [6.07, 6.45) is 0.765. The van der Waals surface area contributed by atoms with Crippen molar-refractivity contribution in [2.24, 2.45) is 5.92 Å². The summed E-state index contributed by atoms with van der Waals surface area (Å²) in [6, 6.07) is 5.28. The lowest BCUT2D eigenvalue weighted by atomic mass is 10.2. The van der Waals surface area contributed by atoms with Crippen molar-refractivity contribution in [1.82, 2.24) is 0 Å². The third-order valence-corrected chi connectivity index (χ3v) is 1.91. The van der Waals surface area contributed by atoms with E-state index in [0.29, 0.717) is 29.6 Å². The second-order valence-electron chi connectivity index (χ2n) is 3.70. The molecule has 3 nitrogen and oxygen atoms in total. The summed E-state index contributed by atoms with van der Waals surface area (Å²) in [7, 11) is 1.53. The fraction of sp³-hybridized carbons (Fsp3) is 0.417. The molecule has 0 aliphatic rings. The molecule has 0 heterocycles. The van der Waals surface area contributed by atoms with Gasteiger partial charge in [-0.2, -0.15) is 0 Å². The van der Waals surface area contributed by atoms with Gasteiger partial charge in [-0.25, -0.2) is 0 Å². The molecule has 0 aliphatic carbocycles. The molecule has 0 radical (unpaired) electrons. The average molecular weight is 208 g/mol. The van der Waals surface area contributed by atoms with Gasteiger partial charge in [-0.15, -0.1) is 0 Å². The Hall–Kier alpha value is -1.51. The van der Waals surface area contributed by atoms with Crippen LogP contribution in [0.25, 0.3) is 0 Å². The topological polar surface area (TPSA) is 35.5 Å². The number of carbonyl (C=O) groups is 1. The third-order valence-electron chi connectivity index (χ3n) is 1.91. The lowest BCUT2D eigenvalue weighted by Gasteiger charge is -2.13. The number of hydrogen-bond acceptors (Lipinski definition) is 3. The van der Waals surface area contributed by atoms with E-state index in [4.69, 9.17) is 9.47 Å². The molecule has 0 saturated heterocycles. The van der Waals surface area contributed by atoms with Gasteiger partial charge in [0.25, 0.3) is 0 Å². The number of benzene rings is 1. The molecule has 3 heteroatoms. The minimum atomic E-state index is 0.439. The van der Waals surface area contributed by atoms with Crippen LogP contribution in [0.1, 0.15) is 24.2 Å². The van der Waals surface area contributed by atoms with E-state index in [1.54, 1.807) is 18.2 Å². The van der Waals surface area contributed by atoms with E-state index in [-0.39, 0.29) is 0 Å². The molecule has 0 saturated carbocycles. The van der Waals surface area contributed by atoms with Crippen LogP contribution >= 0.6 is 0 Å². The van der Waals surface area contributed by atoms with E-state index in [1.165, 1.54) is 7.11 Å². The number of para-hydroxylation sites is 1. The van der Waals surface area contributed by atoms with Gasteiger partial charge in [-0.3, -0.25) is 4.79 Å². The lowest BCUT2D eigenvalue weighted by Crippen LogP contribution is -2.06. The molecular formula is C12H16O3. The van der Waals surface area contributed by atoms with Crippen LogP contribution in [0.2, 0.25) is 0 Å². The Balaban J connectivity index is 2.90. The van der Waals surface area contributed by atoms with E-state index in [0.717, 1.165) is 6.29 Å². The summed E-state index contributed by atoms with van der Waals surface area (Å²) in [4.78, 5) is 10.7. The standard InChI is InChI=1S/C12H16O3/c1-9(2)8-15-11-6-4-5-10(7-13)12(11)14-3/h4-7,9H,8H2,1-3H3. The zero-order chi connectivity index (χ0) is 11.3. The first kappa shape index (κ1) is 11.6. The number of rotatable bonds is 5. The highest BCUT2D eigenvalue weighted by Crippen LogP contribution is 2.30. The molecule has 15 heavy (non-hydrogen) atoms. The fourth-order valence-electron chi connectivity index (χ4n) is 1.21. The molecule has 0 N–H and O–H groups in total. The Morgan fingerprint density at radius 2 is 2.13 bits per heavy atom. The molecule has 0 unspecified atom stereocenters. The number of methoxy groups -OCH3 is 1. The van der Waals surface area contributed by atoms with Gasteiger partial charge in [0.1, 0.15) is 0 Å². The van der Waals surface area contributed by atoms with Gasteiger partial charge in [0.15, 0.2) is 17.8 Å². The van der Waals surface area contributed by atoms with Gasteiger partial charge in [0, 0.05) is 0 Å². The minimum Gasteiger partial charge on any atom is -0.492 e. The zero-order valence-corrected chi connectivity index (χ0v) is 9.32. The Labute approximate surface area is 90.0 Å². The van der Waals surface area contributed by atoms with Crippen molar-refractivity contribution in [3.05, 3.63) is 23.8 Å². The molecular weight excluding hydrogens is 192 g/mol. The summed E-state index contributed by atoms with van der Waals surface area (Å²) < 4.78 is 10.7. The van der Waals surface area contributed by atoms with Crippen LogP contribution in [-0.4, -0.2) is 20.0 Å². The second kappa shape index (κ2) is 5.39. The molecule has 0 aliphatic heterocycles. The molecule has 82 valence electrons. The summed E-state index contributed by atoms with van der Waals surface area (Å²) >= 11 is 0. The number of aldehydes is 1. The van der Waals surface area contributed by atoms with Crippen LogP contribution in [0.4, 0.5) is 0 Å². The summed E-state index contributed by atoms with van der Waals surface area (Å²) in [6.45, 7) is 4.74. The first-order valence-corrected chi connectivity index (χ1v) is 4.94. The quantitative estimate of drug-likeness (QED) is 0.697. The molecule has 0 bridgehead atoms. The highest BCUT2D eigenvalue weighted by Gasteiger charge is 2.09. The maximum Gasteiger partial charge on any atom is 0.171 e. The van der Waals surface area contributed by atoms with Crippen LogP contribution in [-0.2, 0) is 0 Å². The van der Waals surface area contributed by atoms with Gasteiger partial charge < -0.3 is 9.47 Å². The summed E-state index contributed by atoms with van der Waals surface area (Å²) in [5, 5.41) is 0. The van der Waals surface area contributed by atoms with Gasteiger partial charge in [-0.1, -0.05) is 19.9 Å². The molecule has 0 atom stereocenters. The van der Waals surface area contributed by atoms with Gasteiger partial charge in [0.2, 0.25) is 0 Å². The number of carbonyl (C=O) groups excluding carboxylic acids is 1. The second-order valence-corrected chi connectivity index (χ2v) is 3.70. The van der Waals surface area contributed by atoms with Crippen molar-refractivity contribution >= 4 is 6.29 Å². The van der Waals surface area contributed by atoms with Gasteiger partial charge >= 0.3 is 0 Å². The van der Waals surface area contributed by atoms with Gasteiger partial charge in [-0.05, 0) is 18.1 Å². The van der Waals surface area contributed by atoms with Crippen molar-refractivity contribution < 1.29 is 14.3 Å². The number of ether oxygens (including phenoxy) is 2. The van der Waals surface area contributed by atoms with Crippen LogP contribution in [0.15, 0.2) is 18.2 Å². The third kappa shape index (κ3) is 2.98. The smallest absolute Gasteiger partial charge is 0.171 e. The first-order valence-electron chi connectivity index (χ1n) is 4.94. The van der Waals surface area contributed by atoms with E-state index < -0.39 is 0 Å². The summed E-state index contributed by atoms with van der Waals surface area (Å²) in [5.74, 6) is 1.57. The molecule has 0 fully saturated rings. The monoisotopic (exact) mass is 208 g/mol. The molecule has 1 rings (SSSR count). The zero-order valence-electron chi connectivity index (χ0n) is 9.32. The molecule has 1 aromatic rings. The highest BCUT2D eigenvalue weighted by atomic mass is 16.5. The van der Waals surface area contributed by atoms with E-state index in [9.17, 15) is 4.79 Å². The van der Waals surface area contributed by atoms with Crippen molar-refractivity contribution in [2.75, 3.05) is 13.7 Å². The first-order chi connectivity index (χ1) is 7.19. The van der Waals surface area contributed by atoms with Crippen molar-refractivity contribution in [3.63, 3.8) is 0 Å². The van der Waals surface area contributed by atoms with Crippen molar-refractivity contribution in [2.45, 2.75) is 13.8 Å². The van der Waals surface area contributed by atoms with Crippen LogP contribution in [0, 0.1) is 5.92 Å². The number of hydrogen-bond donors (Lipinski definition) is 0. The Kier molecular flexibility index (Phi) is 4.16. The maximum atomic E-state index is 10.7.